The van der Waals surface area contributed by atoms with E-state index in [9.17, 15) is 9.59 Å². The smallest absolute Gasteiger partial charge is 0.306 e. The van der Waals surface area contributed by atoms with Gasteiger partial charge in [0.25, 0.3) is 0 Å². The molecule has 60 valence electrons. The van der Waals surface area contributed by atoms with Crippen molar-refractivity contribution in [3.8, 4) is 0 Å². The average molecular weight is 162 g/mol. The van der Waals surface area contributed by atoms with Gasteiger partial charge in [-0.1, -0.05) is 12.1 Å². The van der Waals surface area contributed by atoms with Crippen molar-refractivity contribution in [3.63, 3.8) is 0 Å². The molecule has 2 N–H and O–H groups in total. The molecular weight excluding hydrogens is 156 g/mol. The van der Waals surface area contributed by atoms with Crippen LogP contribution in [0.4, 0.5) is 0 Å². The van der Waals surface area contributed by atoms with Crippen LogP contribution in [-0.4, -0.2) is 9.97 Å². The molecule has 1 heterocycles. The Morgan fingerprint density at radius 2 is 1.75 bits per heavy atom. The van der Waals surface area contributed by atoms with E-state index in [-0.39, 0.29) is 11.1 Å². The molecule has 0 saturated carbocycles. The van der Waals surface area contributed by atoms with Crippen molar-refractivity contribution in [3.05, 3.63) is 45.0 Å². The maximum atomic E-state index is 11.2. The van der Waals surface area contributed by atoms with E-state index in [1.54, 1.807) is 18.2 Å². The van der Waals surface area contributed by atoms with E-state index in [0.29, 0.717) is 11.0 Å². The Hall–Kier alpha value is -1.84. The van der Waals surface area contributed by atoms with Crippen molar-refractivity contribution in [1.29, 1.82) is 0 Å². The fourth-order valence-electron chi connectivity index (χ4n) is 1.09. The quantitative estimate of drug-likeness (QED) is 0.581. The Bertz CT molecular complexity index is 524. The second-order valence-corrected chi connectivity index (χ2v) is 2.45. The van der Waals surface area contributed by atoms with Crippen LogP contribution >= 0.6 is 0 Å². The monoisotopic (exact) mass is 162 g/mol. The lowest BCUT2D eigenvalue weighted by atomic mass is 10.4. The highest BCUT2D eigenvalue weighted by Gasteiger charge is 1.97. The van der Waals surface area contributed by atoms with Crippen LogP contribution < -0.4 is 11.1 Å². The SMILES string of the molecule is O=c1[nH]c2ccccc(=O)c2[nH]1. The highest BCUT2D eigenvalue weighted by atomic mass is 16.1. The minimum absolute atomic E-state index is 0.187. The molecule has 0 unspecified atom stereocenters. The van der Waals surface area contributed by atoms with Gasteiger partial charge in [0.15, 0.2) is 0 Å². The largest absolute Gasteiger partial charge is 0.323 e. The molecule has 0 atom stereocenters. The highest BCUT2D eigenvalue weighted by molar-refractivity contribution is 5.72. The summed E-state index contributed by atoms with van der Waals surface area (Å²) >= 11 is 0. The van der Waals surface area contributed by atoms with Gasteiger partial charge in [0.1, 0.15) is 5.52 Å². The molecule has 0 radical (unpaired) electrons. The van der Waals surface area contributed by atoms with Crippen molar-refractivity contribution < 1.29 is 0 Å². The van der Waals surface area contributed by atoms with E-state index in [1.807, 2.05) is 0 Å². The number of fused-ring (bicyclic) bond motifs is 1. The minimum atomic E-state index is -0.353. The van der Waals surface area contributed by atoms with Crippen LogP contribution in [0.1, 0.15) is 0 Å². The number of aromatic amines is 2. The van der Waals surface area contributed by atoms with E-state index in [0.717, 1.165) is 0 Å². The first-order valence-corrected chi connectivity index (χ1v) is 3.49. The molecule has 0 spiro atoms. The van der Waals surface area contributed by atoms with Gasteiger partial charge in [-0.05, 0) is 12.1 Å². The van der Waals surface area contributed by atoms with E-state index < -0.39 is 0 Å². The third kappa shape index (κ3) is 0.934. The van der Waals surface area contributed by atoms with Gasteiger partial charge in [-0.25, -0.2) is 4.79 Å². The summed E-state index contributed by atoms with van der Waals surface area (Å²) < 4.78 is 0. The number of hydrogen-bond donors (Lipinski definition) is 2. The van der Waals surface area contributed by atoms with Crippen LogP contribution in [0.15, 0.2) is 33.9 Å². The third-order valence-corrected chi connectivity index (χ3v) is 1.62. The first-order valence-electron chi connectivity index (χ1n) is 3.49. The molecule has 0 saturated heterocycles. The van der Waals surface area contributed by atoms with Crippen LogP contribution in [0, 0.1) is 0 Å². The van der Waals surface area contributed by atoms with Gasteiger partial charge in [-0.15, -0.1) is 0 Å². The summed E-state index contributed by atoms with van der Waals surface area (Å²) in [4.78, 5) is 26.9. The van der Waals surface area contributed by atoms with Crippen LogP contribution in [0.3, 0.4) is 0 Å². The van der Waals surface area contributed by atoms with Crippen molar-refractivity contribution in [2.24, 2.45) is 0 Å². The first kappa shape index (κ1) is 6.84. The molecule has 2 aromatic rings. The summed E-state index contributed by atoms with van der Waals surface area (Å²) in [6, 6.07) is 6.42. The number of H-pyrrole nitrogens is 2. The zero-order valence-electron chi connectivity index (χ0n) is 6.13. The first-order chi connectivity index (χ1) is 5.77. The number of rotatable bonds is 0. The van der Waals surface area contributed by atoms with Crippen LogP contribution in [0.2, 0.25) is 0 Å². The summed E-state index contributed by atoms with van der Waals surface area (Å²) in [7, 11) is 0. The molecule has 2 rings (SSSR count). The van der Waals surface area contributed by atoms with Crippen LogP contribution in [0.25, 0.3) is 11.0 Å². The lowest BCUT2D eigenvalue weighted by molar-refractivity contribution is 1.21. The van der Waals surface area contributed by atoms with Crippen molar-refractivity contribution >= 4 is 11.0 Å². The molecule has 0 fully saturated rings. The fourth-order valence-corrected chi connectivity index (χ4v) is 1.09. The van der Waals surface area contributed by atoms with E-state index in [1.165, 1.54) is 6.07 Å². The summed E-state index contributed by atoms with van der Waals surface area (Å²) in [5.74, 6) is 0. The molecule has 0 aliphatic heterocycles. The summed E-state index contributed by atoms with van der Waals surface area (Å²) in [5, 5.41) is 0. The Morgan fingerprint density at radius 3 is 2.58 bits per heavy atom. The van der Waals surface area contributed by atoms with Gasteiger partial charge in [0.2, 0.25) is 5.43 Å². The normalized spacial score (nSPS) is 10.3. The maximum absolute atomic E-state index is 11.2. The minimum Gasteiger partial charge on any atom is -0.306 e. The van der Waals surface area contributed by atoms with E-state index >= 15 is 0 Å². The Kier molecular flexibility index (Phi) is 1.33. The zero-order valence-corrected chi connectivity index (χ0v) is 6.13. The second kappa shape index (κ2) is 2.34. The van der Waals surface area contributed by atoms with Crippen molar-refractivity contribution in [1.82, 2.24) is 9.97 Å². The van der Waals surface area contributed by atoms with Crippen LogP contribution in [-0.2, 0) is 0 Å². The highest BCUT2D eigenvalue weighted by Crippen LogP contribution is 1.96. The standard InChI is InChI=1S/C8H6N2O2/c11-6-4-2-1-3-5-7(6)10-8(12)9-5/h1-4H,(H2,9,10,12). The van der Waals surface area contributed by atoms with Gasteiger partial charge in [-0.2, -0.15) is 0 Å². The average Bonchev–Trinajstić information content (AvgIpc) is 2.33. The summed E-state index contributed by atoms with van der Waals surface area (Å²) in [6.45, 7) is 0. The number of nitrogens with one attached hydrogen (secondary N) is 2. The molecule has 0 aliphatic rings. The fraction of sp³-hybridized carbons (Fsp3) is 0. The van der Waals surface area contributed by atoms with Crippen molar-refractivity contribution in [2.75, 3.05) is 0 Å². The number of aromatic nitrogens is 2. The Morgan fingerprint density at radius 1 is 1.00 bits per heavy atom. The van der Waals surface area contributed by atoms with Gasteiger partial charge < -0.3 is 9.97 Å². The van der Waals surface area contributed by atoms with Crippen LogP contribution in [0.5, 0.6) is 0 Å². The Balaban J connectivity index is 3.13. The molecule has 0 bridgehead atoms. The molecular formula is C8H6N2O2. The van der Waals surface area contributed by atoms with E-state index in [4.69, 9.17) is 0 Å². The molecule has 1 aromatic carbocycles. The van der Waals surface area contributed by atoms with E-state index in [2.05, 4.69) is 9.97 Å². The molecule has 4 nitrogen and oxygen atoms in total. The molecule has 1 aromatic heterocycles. The maximum Gasteiger partial charge on any atom is 0.323 e. The summed E-state index contributed by atoms with van der Waals surface area (Å²) in [5.41, 5.74) is 0.321. The van der Waals surface area contributed by atoms with Crippen molar-refractivity contribution in [2.45, 2.75) is 0 Å². The predicted octanol–water partition coefficient (Wildman–Crippen LogP) is 0.216. The predicted molar refractivity (Wildman–Crippen MR) is 45.2 cm³/mol. The van der Waals surface area contributed by atoms with Gasteiger partial charge in [0.05, 0.1) is 5.52 Å². The molecule has 0 amide bonds. The number of hydrogen-bond acceptors (Lipinski definition) is 2. The third-order valence-electron chi connectivity index (χ3n) is 1.62. The van der Waals surface area contributed by atoms with Gasteiger partial charge >= 0.3 is 5.69 Å². The van der Waals surface area contributed by atoms with Gasteiger partial charge in [-0.3, -0.25) is 4.79 Å². The zero-order chi connectivity index (χ0) is 8.55. The Labute approximate surface area is 66.9 Å². The molecule has 4 heteroatoms. The van der Waals surface area contributed by atoms with Gasteiger partial charge in [0, 0.05) is 0 Å². The topological polar surface area (TPSA) is 65.7 Å². The lowest BCUT2D eigenvalue weighted by Crippen LogP contribution is -2.02. The molecule has 0 aliphatic carbocycles. The lowest BCUT2D eigenvalue weighted by Gasteiger charge is -1.73. The molecule has 12 heavy (non-hydrogen) atoms. The number of imidazole rings is 1. The second-order valence-electron chi connectivity index (χ2n) is 2.45. The summed E-state index contributed by atoms with van der Waals surface area (Å²) in [6.07, 6.45) is 0.